The van der Waals surface area contributed by atoms with E-state index in [1.54, 1.807) is 12.1 Å². The van der Waals surface area contributed by atoms with Crippen molar-refractivity contribution in [2.45, 2.75) is 19.9 Å². The molecule has 2 N–H and O–H groups in total. The Balaban J connectivity index is 1.93. The van der Waals surface area contributed by atoms with Crippen molar-refractivity contribution in [2.24, 2.45) is 0 Å². The largest absolute Gasteiger partial charge is 0.369 e. The molecule has 2 aromatic heterocycles. The zero-order chi connectivity index (χ0) is 14.1. The van der Waals surface area contributed by atoms with E-state index in [9.17, 15) is 4.39 Å². The van der Waals surface area contributed by atoms with Crippen molar-refractivity contribution in [3.05, 3.63) is 53.5 Å². The predicted molar refractivity (Wildman–Crippen MR) is 76.8 cm³/mol. The number of fused-ring (bicyclic) bond motifs is 1. The van der Waals surface area contributed by atoms with Crippen LogP contribution < -0.4 is 5.73 Å². The van der Waals surface area contributed by atoms with Gasteiger partial charge in [-0.25, -0.2) is 14.4 Å². The van der Waals surface area contributed by atoms with Gasteiger partial charge in [0, 0.05) is 12.2 Å². The van der Waals surface area contributed by atoms with Gasteiger partial charge in [0.25, 0.3) is 0 Å². The number of nitrogens with zero attached hydrogens (tertiary/aromatic N) is 3. The molecule has 0 spiro atoms. The number of rotatable bonds is 3. The summed E-state index contributed by atoms with van der Waals surface area (Å²) in [5.74, 6) is 0.217. The molecule has 20 heavy (non-hydrogen) atoms. The summed E-state index contributed by atoms with van der Waals surface area (Å²) in [6, 6.07) is 10.6. The molecule has 4 nitrogen and oxygen atoms in total. The van der Waals surface area contributed by atoms with Gasteiger partial charge in [-0.05, 0) is 37.1 Å². The highest BCUT2D eigenvalue weighted by Crippen LogP contribution is 2.17. The number of hydrogen-bond acceptors (Lipinski definition) is 3. The lowest BCUT2D eigenvalue weighted by Crippen LogP contribution is -2.07. The highest BCUT2D eigenvalue weighted by molar-refractivity contribution is 5.74. The number of nitrogen functional groups attached to an aromatic ring is 1. The van der Waals surface area contributed by atoms with E-state index >= 15 is 0 Å². The third kappa shape index (κ3) is 2.22. The van der Waals surface area contributed by atoms with Crippen molar-refractivity contribution in [3.63, 3.8) is 0 Å². The average molecular weight is 270 g/mol. The Labute approximate surface area is 116 Å². The molecule has 0 aliphatic rings. The van der Waals surface area contributed by atoms with E-state index in [0.29, 0.717) is 24.5 Å². The molecule has 102 valence electrons. The first-order valence-electron chi connectivity index (χ1n) is 6.48. The standard InChI is InChI=1S/C15H15FN4/c1-10-6-7-13-14(18-10)20(15(17)19-13)9-8-11-4-2-3-5-12(11)16/h2-7H,8-9H2,1H3,(H2,17,19). The molecule has 0 saturated carbocycles. The first-order valence-corrected chi connectivity index (χ1v) is 6.48. The third-order valence-corrected chi connectivity index (χ3v) is 3.32. The minimum absolute atomic E-state index is 0.195. The van der Waals surface area contributed by atoms with Crippen LogP contribution in [0.5, 0.6) is 0 Å². The van der Waals surface area contributed by atoms with Crippen molar-refractivity contribution >= 4 is 17.1 Å². The molecule has 5 heteroatoms. The number of anilines is 1. The quantitative estimate of drug-likeness (QED) is 0.796. The Bertz CT molecular complexity index is 764. The number of aryl methyl sites for hydroxylation is 3. The lowest BCUT2D eigenvalue weighted by atomic mass is 10.1. The molecule has 3 rings (SSSR count). The topological polar surface area (TPSA) is 56.7 Å². The first kappa shape index (κ1) is 12.6. The van der Waals surface area contributed by atoms with E-state index in [1.807, 2.05) is 29.7 Å². The lowest BCUT2D eigenvalue weighted by molar-refractivity contribution is 0.596. The van der Waals surface area contributed by atoms with Crippen LogP contribution in [-0.4, -0.2) is 14.5 Å². The number of halogens is 1. The molecule has 3 aromatic rings. The number of benzene rings is 1. The summed E-state index contributed by atoms with van der Waals surface area (Å²) >= 11 is 0. The van der Waals surface area contributed by atoms with Crippen molar-refractivity contribution < 1.29 is 4.39 Å². The van der Waals surface area contributed by atoms with E-state index in [2.05, 4.69) is 9.97 Å². The first-order chi connectivity index (χ1) is 9.65. The third-order valence-electron chi connectivity index (χ3n) is 3.32. The van der Waals surface area contributed by atoms with Crippen LogP contribution in [0.3, 0.4) is 0 Å². The molecule has 0 saturated heterocycles. The maximum Gasteiger partial charge on any atom is 0.202 e. The Morgan fingerprint density at radius 1 is 1.15 bits per heavy atom. The molecule has 1 aromatic carbocycles. The lowest BCUT2D eigenvalue weighted by Gasteiger charge is -2.07. The molecule has 0 atom stereocenters. The Morgan fingerprint density at radius 2 is 1.95 bits per heavy atom. The molecule has 0 aliphatic heterocycles. The van der Waals surface area contributed by atoms with Crippen LogP contribution in [0.2, 0.25) is 0 Å². The molecule has 0 aliphatic carbocycles. The van der Waals surface area contributed by atoms with Crippen LogP contribution in [0, 0.1) is 12.7 Å². The minimum atomic E-state index is -0.195. The molecule has 2 heterocycles. The van der Waals surface area contributed by atoms with E-state index in [4.69, 9.17) is 5.73 Å². The fourth-order valence-corrected chi connectivity index (χ4v) is 2.27. The highest BCUT2D eigenvalue weighted by Gasteiger charge is 2.10. The van der Waals surface area contributed by atoms with E-state index in [0.717, 1.165) is 16.9 Å². The number of pyridine rings is 1. The van der Waals surface area contributed by atoms with Gasteiger partial charge < -0.3 is 5.73 Å². The second kappa shape index (κ2) is 4.92. The maximum absolute atomic E-state index is 13.6. The van der Waals surface area contributed by atoms with Crippen LogP contribution in [-0.2, 0) is 13.0 Å². The highest BCUT2D eigenvalue weighted by atomic mass is 19.1. The van der Waals surface area contributed by atoms with E-state index in [-0.39, 0.29) is 5.82 Å². The van der Waals surface area contributed by atoms with Gasteiger partial charge in [-0.2, -0.15) is 0 Å². The molecule has 0 fully saturated rings. The molecular weight excluding hydrogens is 255 g/mol. The molecule has 0 bridgehead atoms. The van der Waals surface area contributed by atoms with E-state index in [1.165, 1.54) is 6.07 Å². The Hall–Kier alpha value is -2.43. The van der Waals surface area contributed by atoms with Crippen molar-refractivity contribution in [1.82, 2.24) is 14.5 Å². The Kier molecular flexibility index (Phi) is 3.10. The normalized spacial score (nSPS) is 11.1. The second-order valence-corrected chi connectivity index (χ2v) is 4.76. The average Bonchev–Trinajstić information content (AvgIpc) is 2.73. The number of aromatic nitrogens is 3. The van der Waals surface area contributed by atoms with Gasteiger partial charge in [0.1, 0.15) is 11.3 Å². The van der Waals surface area contributed by atoms with Gasteiger partial charge in [-0.3, -0.25) is 4.57 Å². The van der Waals surface area contributed by atoms with Crippen LogP contribution in [0.4, 0.5) is 10.3 Å². The van der Waals surface area contributed by atoms with E-state index < -0.39 is 0 Å². The smallest absolute Gasteiger partial charge is 0.202 e. The summed E-state index contributed by atoms with van der Waals surface area (Å²) in [6.45, 7) is 2.48. The van der Waals surface area contributed by atoms with Gasteiger partial charge in [-0.15, -0.1) is 0 Å². The van der Waals surface area contributed by atoms with Gasteiger partial charge in [0.15, 0.2) is 5.65 Å². The predicted octanol–water partition coefficient (Wildman–Crippen LogP) is 2.70. The summed E-state index contributed by atoms with van der Waals surface area (Å²) in [5, 5.41) is 0. The zero-order valence-electron chi connectivity index (χ0n) is 11.2. The summed E-state index contributed by atoms with van der Waals surface area (Å²) in [7, 11) is 0. The number of imidazole rings is 1. The SMILES string of the molecule is Cc1ccc2nc(N)n(CCc3ccccc3F)c2n1. The molecule has 0 amide bonds. The zero-order valence-corrected chi connectivity index (χ0v) is 11.2. The van der Waals surface area contributed by atoms with Gasteiger partial charge >= 0.3 is 0 Å². The Morgan fingerprint density at radius 3 is 2.75 bits per heavy atom. The molecule has 0 unspecified atom stereocenters. The molecular formula is C15H15FN4. The fourth-order valence-electron chi connectivity index (χ4n) is 2.27. The van der Waals surface area contributed by atoms with Crippen molar-refractivity contribution in [1.29, 1.82) is 0 Å². The van der Waals surface area contributed by atoms with Gasteiger partial charge in [0.2, 0.25) is 5.95 Å². The summed E-state index contributed by atoms with van der Waals surface area (Å²) in [5.41, 5.74) is 9.01. The monoisotopic (exact) mass is 270 g/mol. The molecule has 0 radical (unpaired) electrons. The maximum atomic E-state index is 13.6. The van der Waals surface area contributed by atoms with Crippen LogP contribution in [0.25, 0.3) is 11.2 Å². The summed E-state index contributed by atoms with van der Waals surface area (Å²) < 4.78 is 15.5. The van der Waals surface area contributed by atoms with Crippen molar-refractivity contribution in [2.75, 3.05) is 5.73 Å². The van der Waals surface area contributed by atoms with Crippen LogP contribution in [0.15, 0.2) is 36.4 Å². The van der Waals surface area contributed by atoms with Crippen LogP contribution >= 0.6 is 0 Å². The van der Waals surface area contributed by atoms with Crippen molar-refractivity contribution in [3.8, 4) is 0 Å². The van der Waals surface area contributed by atoms with Crippen LogP contribution in [0.1, 0.15) is 11.3 Å². The minimum Gasteiger partial charge on any atom is -0.369 e. The van der Waals surface area contributed by atoms with Gasteiger partial charge in [-0.1, -0.05) is 18.2 Å². The van der Waals surface area contributed by atoms with Gasteiger partial charge in [0.05, 0.1) is 0 Å². The second-order valence-electron chi connectivity index (χ2n) is 4.76. The number of nitrogens with two attached hydrogens (primary N) is 1. The number of hydrogen-bond donors (Lipinski definition) is 1. The summed E-state index contributed by atoms with van der Waals surface area (Å²) in [4.78, 5) is 8.73. The summed E-state index contributed by atoms with van der Waals surface area (Å²) in [6.07, 6.45) is 0.554. The fraction of sp³-hybridized carbons (Fsp3) is 0.200.